The van der Waals surface area contributed by atoms with E-state index in [1.807, 2.05) is 36.4 Å². The number of halogens is 1. The van der Waals surface area contributed by atoms with Gasteiger partial charge in [-0.15, -0.1) is 0 Å². The van der Waals surface area contributed by atoms with Gasteiger partial charge in [0.25, 0.3) is 0 Å². The maximum atomic E-state index is 11.8. The number of ether oxygens (including phenoxy) is 1. The molecule has 1 N–H and O–H groups in total. The lowest BCUT2D eigenvalue weighted by Crippen LogP contribution is -2.29. The molecule has 4 rings (SSSR count). The van der Waals surface area contributed by atoms with Crippen molar-refractivity contribution in [3.8, 4) is 0 Å². The number of hydrogen-bond acceptors (Lipinski definition) is 3. The van der Waals surface area contributed by atoms with Crippen LogP contribution in [0.1, 0.15) is 39.9 Å². The van der Waals surface area contributed by atoms with Crippen molar-refractivity contribution in [3.05, 3.63) is 76.3 Å². The number of carbonyl (C=O) groups excluding carboxylic acids is 1. The molecular weight excluding hydrogens is 322 g/mol. The number of esters is 1. The molecule has 4 heteroatoms. The summed E-state index contributed by atoms with van der Waals surface area (Å²) < 4.78 is 4.85. The minimum atomic E-state index is -0.298. The van der Waals surface area contributed by atoms with Crippen molar-refractivity contribution < 1.29 is 9.53 Å². The van der Waals surface area contributed by atoms with Crippen LogP contribution in [0.5, 0.6) is 0 Å². The van der Waals surface area contributed by atoms with E-state index in [4.69, 9.17) is 16.3 Å². The predicted octanol–water partition coefficient (Wildman–Crippen LogP) is 4.95. The summed E-state index contributed by atoms with van der Waals surface area (Å²) in [5.41, 5.74) is 4.03. The molecule has 0 radical (unpaired) electrons. The first-order valence-corrected chi connectivity index (χ1v) is 8.46. The number of allylic oxidation sites excluding steroid dienone is 2. The Morgan fingerprint density at radius 2 is 2.12 bits per heavy atom. The molecule has 0 aromatic heterocycles. The van der Waals surface area contributed by atoms with E-state index in [2.05, 4.69) is 23.5 Å². The van der Waals surface area contributed by atoms with Crippen LogP contribution >= 0.6 is 11.6 Å². The van der Waals surface area contributed by atoms with Crippen LogP contribution in [0.2, 0.25) is 5.02 Å². The fraction of sp³-hybridized carbons (Fsp3) is 0.250. The molecule has 3 nitrogen and oxygen atoms in total. The Hall–Kier alpha value is -2.26. The smallest absolute Gasteiger partial charge is 0.337 e. The largest absolute Gasteiger partial charge is 0.465 e. The second-order valence-corrected chi connectivity index (χ2v) is 6.76. The molecule has 1 heterocycles. The number of benzene rings is 2. The van der Waals surface area contributed by atoms with E-state index in [9.17, 15) is 4.79 Å². The summed E-state index contributed by atoms with van der Waals surface area (Å²) in [7, 11) is 1.41. The second kappa shape index (κ2) is 5.99. The van der Waals surface area contributed by atoms with E-state index in [-0.39, 0.29) is 12.0 Å². The number of anilines is 1. The van der Waals surface area contributed by atoms with Crippen LogP contribution in [-0.4, -0.2) is 13.1 Å². The molecule has 0 saturated carbocycles. The fourth-order valence-corrected chi connectivity index (χ4v) is 4.07. The van der Waals surface area contributed by atoms with Gasteiger partial charge in [-0.2, -0.15) is 0 Å². The van der Waals surface area contributed by atoms with Gasteiger partial charge >= 0.3 is 5.97 Å². The molecule has 2 aromatic rings. The molecule has 1 aliphatic heterocycles. The summed E-state index contributed by atoms with van der Waals surface area (Å²) in [5.74, 6) is 0.423. The van der Waals surface area contributed by atoms with Crippen LogP contribution in [0.4, 0.5) is 5.69 Å². The van der Waals surface area contributed by atoms with Crippen molar-refractivity contribution in [1.29, 1.82) is 0 Å². The van der Waals surface area contributed by atoms with Gasteiger partial charge in [0.05, 0.1) is 18.7 Å². The van der Waals surface area contributed by atoms with Crippen molar-refractivity contribution in [1.82, 2.24) is 0 Å². The summed E-state index contributed by atoms with van der Waals surface area (Å²) in [4.78, 5) is 11.8. The summed E-state index contributed by atoms with van der Waals surface area (Å²) >= 11 is 6.18. The van der Waals surface area contributed by atoms with Gasteiger partial charge in [0.1, 0.15) is 0 Å². The van der Waals surface area contributed by atoms with E-state index >= 15 is 0 Å². The SMILES string of the molecule is COC(=O)c1ccc2c(c1)C1C=CCC1[C@@H](c1cccc(Cl)c1)N2. The number of carbonyl (C=O) groups is 1. The highest BCUT2D eigenvalue weighted by molar-refractivity contribution is 6.30. The molecule has 0 saturated heterocycles. The van der Waals surface area contributed by atoms with Gasteiger partial charge in [-0.25, -0.2) is 4.79 Å². The number of hydrogen-bond donors (Lipinski definition) is 1. The molecule has 0 bridgehead atoms. The van der Waals surface area contributed by atoms with Gasteiger partial charge < -0.3 is 10.1 Å². The minimum Gasteiger partial charge on any atom is -0.465 e. The Bertz CT molecular complexity index is 830. The molecule has 24 heavy (non-hydrogen) atoms. The first-order valence-electron chi connectivity index (χ1n) is 8.08. The van der Waals surface area contributed by atoms with Crippen LogP contribution in [0.15, 0.2) is 54.6 Å². The fourth-order valence-electron chi connectivity index (χ4n) is 3.87. The van der Waals surface area contributed by atoms with Crippen LogP contribution in [0, 0.1) is 5.92 Å². The van der Waals surface area contributed by atoms with Gasteiger partial charge in [0.2, 0.25) is 0 Å². The zero-order valence-electron chi connectivity index (χ0n) is 13.3. The van der Waals surface area contributed by atoms with Crippen LogP contribution in [0.25, 0.3) is 0 Å². The lowest BCUT2D eigenvalue weighted by atomic mass is 9.76. The molecule has 1 aliphatic carbocycles. The first kappa shape index (κ1) is 15.3. The third-order valence-electron chi connectivity index (χ3n) is 4.99. The lowest BCUT2D eigenvalue weighted by Gasteiger charge is -2.37. The van der Waals surface area contributed by atoms with Crippen LogP contribution in [-0.2, 0) is 4.74 Å². The predicted molar refractivity (Wildman–Crippen MR) is 95.6 cm³/mol. The van der Waals surface area contributed by atoms with Crippen LogP contribution in [0.3, 0.4) is 0 Å². The number of rotatable bonds is 2. The number of methoxy groups -OCH3 is 1. The Morgan fingerprint density at radius 3 is 2.92 bits per heavy atom. The molecule has 0 fully saturated rings. The van der Waals surface area contributed by atoms with Crippen molar-refractivity contribution >= 4 is 23.3 Å². The molecule has 2 aromatic carbocycles. The first-order chi connectivity index (χ1) is 11.7. The zero-order valence-corrected chi connectivity index (χ0v) is 14.1. The maximum absolute atomic E-state index is 11.8. The highest BCUT2D eigenvalue weighted by Gasteiger charge is 2.38. The van der Waals surface area contributed by atoms with Gasteiger partial charge in [0.15, 0.2) is 0 Å². The van der Waals surface area contributed by atoms with E-state index in [1.165, 1.54) is 12.7 Å². The van der Waals surface area contributed by atoms with E-state index < -0.39 is 0 Å². The third-order valence-corrected chi connectivity index (χ3v) is 5.23. The lowest BCUT2D eigenvalue weighted by molar-refractivity contribution is 0.0600. The van der Waals surface area contributed by atoms with E-state index in [1.54, 1.807) is 0 Å². The Kier molecular flexibility index (Phi) is 3.81. The molecule has 3 atom stereocenters. The molecular formula is C20H18ClNO2. The van der Waals surface area contributed by atoms with Crippen LogP contribution < -0.4 is 5.32 Å². The third kappa shape index (κ3) is 2.49. The summed E-state index contributed by atoms with van der Waals surface area (Å²) in [6.07, 6.45) is 5.49. The van der Waals surface area contributed by atoms with Crippen molar-refractivity contribution in [3.63, 3.8) is 0 Å². The standard InChI is InChI=1S/C20H18ClNO2/c1-24-20(23)13-8-9-18-17(11-13)15-6-3-7-16(15)19(22-18)12-4-2-5-14(21)10-12/h2-6,8-11,15-16,19,22H,7H2,1H3/t15?,16?,19-/m1/s1. The minimum absolute atomic E-state index is 0.208. The molecule has 2 aliphatic rings. The maximum Gasteiger partial charge on any atom is 0.337 e. The van der Waals surface area contributed by atoms with E-state index in [0.717, 1.165) is 22.7 Å². The van der Waals surface area contributed by atoms with Crippen molar-refractivity contribution in [2.24, 2.45) is 5.92 Å². The zero-order chi connectivity index (χ0) is 16.7. The number of fused-ring (bicyclic) bond motifs is 3. The highest BCUT2D eigenvalue weighted by Crippen LogP contribution is 2.50. The summed E-state index contributed by atoms with van der Waals surface area (Å²) in [6.45, 7) is 0. The summed E-state index contributed by atoms with van der Waals surface area (Å²) in [6, 6.07) is 14.0. The molecule has 2 unspecified atom stereocenters. The van der Waals surface area contributed by atoms with Gasteiger partial charge in [0, 0.05) is 16.6 Å². The van der Waals surface area contributed by atoms with Crippen molar-refractivity contribution in [2.45, 2.75) is 18.4 Å². The Labute approximate surface area is 146 Å². The highest BCUT2D eigenvalue weighted by atomic mass is 35.5. The molecule has 0 amide bonds. The second-order valence-electron chi connectivity index (χ2n) is 6.32. The van der Waals surface area contributed by atoms with Gasteiger partial charge in [-0.05, 0) is 53.8 Å². The van der Waals surface area contributed by atoms with Gasteiger partial charge in [-0.3, -0.25) is 0 Å². The average Bonchev–Trinajstić information content (AvgIpc) is 3.10. The monoisotopic (exact) mass is 339 g/mol. The Morgan fingerprint density at radius 1 is 1.25 bits per heavy atom. The quantitative estimate of drug-likeness (QED) is 0.621. The topological polar surface area (TPSA) is 38.3 Å². The molecule has 122 valence electrons. The molecule has 0 spiro atoms. The summed E-state index contributed by atoms with van der Waals surface area (Å²) in [5, 5.41) is 4.40. The number of nitrogens with one attached hydrogen (secondary N) is 1. The van der Waals surface area contributed by atoms with E-state index in [0.29, 0.717) is 17.4 Å². The van der Waals surface area contributed by atoms with Crippen molar-refractivity contribution in [2.75, 3.05) is 12.4 Å². The van der Waals surface area contributed by atoms with Gasteiger partial charge in [-0.1, -0.05) is 35.9 Å². The average molecular weight is 340 g/mol. The normalized spacial score (nSPS) is 24.0. The Balaban J connectivity index is 1.76.